The lowest BCUT2D eigenvalue weighted by molar-refractivity contribution is 0.0979. The van der Waals surface area contributed by atoms with Gasteiger partial charge in [-0.2, -0.15) is 0 Å². The number of nitrogens with zero attached hydrogens (tertiary/aromatic N) is 2. The van der Waals surface area contributed by atoms with E-state index in [1.165, 1.54) is 57.1 Å². The van der Waals surface area contributed by atoms with Crippen LogP contribution in [0.4, 0.5) is 10.2 Å². The van der Waals surface area contributed by atoms with Crippen molar-refractivity contribution in [3.05, 3.63) is 58.6 Å². The van der Waals surface area contributed by atoms with Crippen molar-refractivity contribution in [1.82, 2.24) is 20.2 Å². The SMILES string of the molecule is CCc1[nH]c(/C=C\C(=N)N2CCC3(CCCCC3)CC2)nc1NC.Fc1ccc(C2=CSCN2)cc1. The minimum absolute atomic E-state index is 0.190. The molecule has 4 N–H and O–H groups in total. The highest BCUT2D eigenvalue weighted by Gasteiger charge is 2.35. The highest BCUT2D eigenvalue weighted by molar-refractivity contribution is 8.02. The topological polar surface area (TPSA) is 79.8 Å². The van der Waals surface area contributed by atoms with Gasteiger partial charge in [0.1, 0.15) is 23.3 Å². The molecule has 2 aliphatic heterocycles. The average Bonchev–Trinajstić information content (AvgIpc) is 3.59. The number of anilines is 1. The van der Waals surface area contributed by atoms with Gasteiger partial charge in [-0.1, -0.05) is 26.2 Å². The minimum Gasteiger partial charge on any atom is -0.375 e. The second kappa shape index (κ2) is 12.5. The van der Waals surface area contributed by atoms with Gasteiger partial charge in [-0.3, -0.25) is 5.41 Å². The number of halogens is 1. The zero-order valence-corrected chi connectivity index (χ0v) is 22.3. The van der Waals surface area contributed by atoms with Gasteiger partial charge in [0.2, 0.25) is 0 Å². The van der Waals surface area contributed by atoms with Crippen LogP contribution in [0.3, 0.4) is 0 Å². The Bertz CT molecular complexity index is 1040. The number of thioether (sulfide) groups is 1. The number of rotatable bonds is 5. The lowest BCUT2D eigenvalue weighted by atomic mass is 9.68. The number of amidine groups is 1. The molecule has 1 aromatic heterocycles. The van der Waals surface area contributed by atoms with E-state index in [2.05, 4.69) is 32.4 Å². The van der Waals surface area contributed by atoms with Gasteiger partial charge < -0.3 is 20.5 Å². The van der Waals surface area contributed by atoms with Crippen molar-refractivity contribution in [2.24, 2.45) is 5.41 Å². The van der Waals surface area contributed by atoms with E-state index in [-0.39, 0.29) is 5.82 Å². The van der Waals surface area contributed by atoms with Gasteiger partial charge in [-0.25, -0.2) is 9.37 Å². The molecule has 194 valence electrons. The number of nitrogens with one attached hydrogen (secondary N) is 4. The third-order valence-electron chi connectivity index (χ3n) is 7.57. The number of H-pyrrole nitrogens is 1. The van der Waals surface area contributed by atoms with Crippen molar-refractivity contribution in [1.29, 1.82) is 5.41 Å². The maximum atomic E-state index is 12.5. The maximum Gasteiger partial charge on any atom is 0.147 e. The van der Waals surface area contributed by atoms with Gasteiger partial charge in [0.25, 0.3) is 0 Å². The third-order valence-corrected chi connectivity index (χ3v) is 8.28. The van der Waals surface area contributed by atoms with Crippen molar-refractivity contribution in [2.45, 2.75) is 58.3 Å². The molecule has 8 heteroatoms. The van der Waals surface area contributed by atoms with Gasteiger partial charge in [0.05, 0.1) is 11.6 Å². The first-order chi connectivity index (χ1) is 17.5. The van der Waals surface area contributed by atoms with E-state index in [1.54, 1.807) is 23.9 Å². The Hall–Kier alpha value is -2.74. The fourth-order valence-corrected chi connectivity index (χ4v) is 6.05. The molecule has 3 aliphatic rings. The van der Waals surface area contributed by atoms with E-state index in [9.17, 15) is 4.39 Å². The van der Waals surface area contributed by atoms with E-state index < -0.39 is 0 Å². The van der Waals surface area contributed by atoms with E-state index in [0.717, 1.165) is 54.0 Å². The standard InChI is InChI=1S/C19H31N5.C9H8FNS/c1-3-15-18(21-2)23-17(22-15)8-7-16(20)24-13-11-19(12-14-24)9-5-4-6-10-19;10-8-3-1-7(2-4-8)9-5-12-6-11-9/h7-8,20-21H,3-6,9-14H2,1-2H3,(H,22,23);1-5,11H,6H2/b8-7-,20-16?;. The molecule has 0 bridgehead atoms. The van der Waals surface area contributed by atoms with Crippen molar-refractivity contribution in [3.63, 3.8) is 0 Å². The summed E-state index contributed by atoms with van der Waals surface area (Å²) >= 11 is 1.71. The largest absolute Gasteiger partial charge is 0.375 e. The van der Waals surface area contributed by atoms with Crippen molar-refractivity contribution in [2.75, 3.05) is 31.3 Å². The molecule has 2 fully saturated rings. The highest BCUT2D eigenvalue weighted by atomic mass is 32.2. The second-order valence-electron chi connectivity index (χ2n) is 9.85. The van der Waals surface area contributed by atoms with Crippen LogP contribution in [0, 0.1) is 16.6 Å². The molecular formula is C28H39FN6S. The van der Waals surface area contributed by atoms with Gasteiger partial charge in [0, 0.05) is 25.8 Å². The molecule has 1 saturated heterocycles. The van der Waals surface area contributed by atoms with Gasteiger partial charge in [-0.15, -0.1) is 11.8 Å². The number of benzene rings is 1. The number of aromatic amines is 1. The summed E-state index contributed by atoms with van der Waals surface area (Å²) in [6.07, 6.45) is 14.3. The predicted molar refractivity (Wildman–Crippen MR) is 151 cm³/mol. The molecule has 1 saturated carbocycles. The summed E-state index contributed by atoms with van der Waals surface area (Å²) in [5.74, 6) is 3.06. The lowest BCUT2D eigenvalue weighted by Crippen LogP contribution is -2.43. The first kappa shape index (κ1) is 26.3. The number of likely N-dealkylation sites (tertiary alicyclic amines) is 1. The predicted octanol–water partition coefficient (Wildman–Crippen LogP) is 6.47. The summed E-state index contributed by atoms with van der Waals surface area (Å²) in [6.45, 7) is 4.17. The lowest BCUT2D eigenvalue weighted by Gasteiger charge is -2.44. The highest BCUT2D eigenvalue weighted by Crippen LogP contribution is 2.44. The fraction of sp³-hybridized carbons (Fsp3) is 0.500. The molecule has 0 unspecified atom stereocenters. The number of hydrogen-bond donors (Lipinski definition) is 4. The molecule has 0 atom stereocenters. The van der Waals surface area contributed by atoms with Crippen LogP contribution in [-0.2, 0) is 6.42 Å². The van der Waals surface area contributed by atoms with Crippen LogP contribution in [0.5, 0.6) is 0 Å². The molecule has 1 aromatic carbocycles. The molecule has 6 nitrogen and oxygen atoms in total. The molecule has 1 aliphatic carbocycles. The molecule has 2 aromatic rings. The van der Waals surface area contributed by atoms with Crippen LogP contribution in [0.15, 0.2) is 35.7 Å². The number of hydrogen-bond acceptors (Lipinski definition) is 5. The summed E-state index contributed by atoms with van der Waals surface area (Å²) in [6, 6.07) is 6.50. The van der Waals surface area contributed by atoms with Crippen molar-refractivity contribution in [3.8, 4) is 0 Å². The Balaban J connectivity index is 0.000000211. The minimum atomic E-state index is -0.190. The normalized spacial score (nSPS) is 19.0. The Morgan fingerprint density at radius 2 is 1.89 bits per heavy atom. The number of piperidine rings is 1. The summed E-state index contributed by atoms with van der Waals surface area (Å²) in [7, 11) is 1.89. The Kier molecular flexibility index (Phi) is 9.13. The Labute approximate surface area is 218 Å². The van der Waals surface area contributed by atoms with Crippen LogP contribution in [0.2, 0.25) is 0 Å². The zero-order chi connectivity index (χ0) is 25.4. The number of aromatic nitrogens is 2. The molecule has 36 heavy (non-hydrogen) atoms. The first-order valence-electron chi connectivity index (χ1n) is 13.1. The second-order valence-corrected chi connectivity index (χ2v) is 10.7. The molecule has 3 heterocycles. The molecule has 5 rings (SSSR count). The average molecular weight is 511 g/mol. The van der Waals surface area contributed by atoms with E-state index >= 15 is 0 Å². The van der Waals surface area contributed by atoms with Crippen LogP contribution in [0.25, 0.3) is 11.8 Å². The summed E-state index contributed by atoms with van der Waals surface area (Å²) in [4.78, 5) is 10.0. The third kappa shape index (κ3) is 6.72. The molecule has 0 amide bonds. The van der Waals surface area contributed by atoms with E-state index in [0.29, 0.717) is 11.3 Å². The Morgan fingerprint density at radius 1 is 1.17 bits per heavy atom. The van der Waals surface area contributed by atoms with Crippen molar-refractivity contribution >= 4 is 35.2 Å². The molecule has 1 spiro atoms. The van der Waals surface area contributed by atoms with E-state index in [1.807, 2.05) is 24.6 Å². The fourth-order valence-electron chi connectivity index (χ4n) is 5.34. The quantitative estimate of drug-likeness (QED) is 0.274. The van der Waals surface area contributed by atoms with Crippen LogP contribution >= 0.6 is 11.8 Å². The van der Waals surface area contributed by atoms with Crippen LogP contribution in [0.1, 0.15) is 69.0 Å². The van der Waals surface area contributed by atoms with Crippen LogP contribution < -0.4 is 10.6 Å². The van der Waals surface area contributed by atoms with E-state index in [4.69, 9.17) is 5.41 Å². The summed E-state index contributed by atoms with van der Waals surface area (Å²) < 4.78 is 12.5. The smallest absolute Gasteiger partial charge is 0.147 e. The molecular weight excluding hydrogens is 471 g/mol. The number of aryl methyl sites for hydroxylation is 1. The monoisotopic (exact) mass is 510 g/mol. The Morgan fingerprint density at radius 3 is 2.47 bits per heavy atom. The van der Waals surface area contributed by atoms with Crippen LogP contribution in [-0.4, -0.2) is 46.7 Å². The zero-order valence-electron chi connectivity index (χ0n) is 21.5. The summed E-state index contributed by atoms with van der Waals surface area (Å²) in [5, 5.41) is 16.7. The summed E-state index contributed by atoms with van der Waals surface area (Å²) in [5.41, 5.74) is 3.83. The maximum absolute atomic E-state index is 12.5. The van der Waals surface area contributed by atoms with Gasteiger partial charge >= 0.3 is 0 Å². The number of imidazole rings is 1. The molecule has 0 radical (unpaired) electrons. The van der Waals surface area contributed by atoms with Gasteiger partial charge in [0.15, 0.2) is 0 Å². The van der Waals surface area contributed by atoms with Gasteiger partial charge in [-0.05, 0) is 84.9 Å². The first-order valence-corrected chi connectivity index (χ1v) is 14.2. The van der Waals surface area contributed by atoms with Crippen molar-refractivity contribution < 1.29 is 4.39 Å².